The predicted molar refractivity (Wildman–Crippen MR) is 331 cm³/mol. The molecule has 2 nitrogen and oxygen atoms in total. The van der Waals surface area contributed by atoms with Crippen molar-refractivity contribution in [3.8, 4) is 83.6 Å². The summed E-state index contributed by atoms with van der Waals surface area (Å²) < 4.78 is 2.58. The Morgan fingerprint density at radius 1 is 0.316 bits per heavy atom. The summed E-state index contributed by atoms with van der Waals surface area (Å²) in [6, 6.07) is 102. The van der Waals surface area contributed by atoms with Gasteiger partial charge in [-0.2, -0.15) is 0 Å². The van der Waals surface area contributed by atoms with E-state index < -0.39 is 0 Å². The maximum atomic E-state index is 2.58. The van der Waals surface area contributed by atoms with Crippen molar-refractivity contribution >= 4 is 38.9 Å². The van der Waals surface area contributed by atoms with Gasteiger partial charge >= 0.3 is 0 Å². The molecule has 1 aliphatic heterocycles. The molecule has 16 rings (SSSR count). The van der Waals surface area contributed by atoms with E-state index in [0.29, 0.717) is 0 Å². The molecular weight excluding hydrogens is 953 g/mol. The van der Waals surface area contributed by atoms with Crippen LogP contribution in [0, 0.1) is 0 Å². The lowest BCUT2D eigenvalue weighted by Gasteiger charge is -2.29. The average molecular weight is 1010 g/mol. The molecular formula is C77H54N2. The van der Waals surface area contributed by atoms with Crippen molar-refractivity contribution < 1.29 is 0 Å². The molecule has 2 heteroatoms. The van der Waals surface area contributed by atoms with Gasteiger partial charge in [0.2, 0.25) is 0 Å². The Kier molecular flexibility index (Phi) is 9.85. The molecule has 3 aliphatic rings. The van der Waals surface area contributed by atoms with E-state index in [-0.39, 0.29) is 10.8 Å². The summed E-state index contributed by atoms with van der Waals surface area (Å²) in [5.74, 6) is 0. The van der Waals surface area contributed by atoms with Crippen LogP contribution in [-0.2, 0) is 10.8 Å². The van der Waals surface area contributed by atoms with Gasteiger partial charge in [0, 0.05) is 49.8 Å². The number of aromatic nitrogens is 1. The Morgan fingerprint density at radius 3 is 1.63 bits per heavy atom. The third-order valence-electron chi connectivity index (χ3n) is 18.0. The van der Waals surface area contributed by atoms with E-state index in [1.165, 1.54) is 122 Å². The molecule has 0 saturated heterocycles. The molecule has 0 radical (unpaired) electrons. The van der Waals surface area contributed by atoms with Crippen LogP contribution in [0.3, 0.4) is 0 Å². The molecule has 79 heavy (non-hydrogen) atoms. The molecule has 0 spiro atoms. The van der Waals surface area contributed by atoms with Gasteiger partial charge in [-0.15, -0.1) is 0 Å². The van der Waals surface area contributed by atoms with Gasteiger partial charge in [-0.25, -0.2) is 0 Å². The van der Waals surface area contributed by atoms with Crippen molar-refractivity contribution in [2.75, 3.05) is 4.90 Å². The normalized spacial score (nSPS) is 14.9. The van der Waals surface area contributed by atoms with E-state index in [2.05, 4.69) is 303 Å². The van der Waals surface area contributed by atoms with Crippen molar-refractivity contribution in [3.63, 3.8) is 0 Å². The average Bonchev–Trinajstić information content (AvgIpc) is 3.14. The van der Waals surface area contributed by atoms with E-state index in [1.54, 1.807) is 0 Å². The molecule has 1 unspecified atom stereocenters. The maximum absolute atomic E-state index is 2.58. The fraction of sp³-hybridized carbons (Fsp3) is 0.0649. The standard InChI is InChI=1S/C77H54N2/c1-76(2)66-33-16-13-29-60(66)61-42-41-58(47-68(61)76)78(59-45-54(49-21-7-4-8-22-49)43-55(46-59)50-23-9-5-10-24-50)57-28-19-25-53(44-57)51-37-39-52(40-38-51)65-48-69-74-73-63(32-20-34-67(73)77(69,3)56-26-11-6-12-27-56)62-30-14-17-35-70(62)79-71-36-18-15-31-64(71)72(65)75(74)79/h4-48H,1-3H3. The fourth-order valence-electron chi connectivity index (χ4n) is 14.2. The molecule has 1 aromatic heterocycles. The van der Waals surface area contributed by atoms with E-state index >= 15 is 0 Å². The third kappa shape index (κ3) is 6.65. The van der Waals surface area contributed by atoms with Gasteiger partial charge in [0.25, 0.3) is 0 Å². The Morgan fingerprint density at radius 2 is 0.873 bits per heavy atom. The molecule has 0 bridgehead atoms. The van der Waals surface area contributed by atoms with E-state index in [0.717, 1.165) is 28.2 Å². The second kappa shape index (κ2) is 17.1. The third-order valence-corrected chi connectivity index (χ3v) is 18.0. The van der Waals surface area contributed by atoms with Crippen molar-refractivity contribution in [1.29, 1.82) is 0 Å². The van der Waals surface area contributed by atoms with Crippen LogP contribution in [0.4, 0.5) is 17.1 Å². The minimum Gasteiger partial charge on any atom is -0.310 e. The Labute approximate surface area is 461 Å². The number of anilines is 3. The fourth-order valence-corrected chi connectivity index (χ4v) is 14.2. The summed E-state index contributed by atoms with van der Waals surface area (Å²) in [6.07, 6.45) is 0. The Hall–Kier alpha value is -9.76. The van der Waals surface area contributed by atoms with Crippen molar-refractivity contribution in [2.45, 2.75) is 31.6 Å². The lowest BCUT2D eigenvalue weighted by Crippen LogP contribution is -2.22. The van der Waals surface area contributed by atoms with Gasteiger partial charge < -0.3 is 9.47 Å². The zero-order valence-electron chi connectivity index (χ0n) is 44.4. The minimum atomic E-state index is -0.383. The van der Waals surface area contributed by atoms with E-state index in [1.807, 2.05) is 0 Å². The van der Waals surface area contributed by atoms with Crippen LogP contribution >= 0.6 is 0 Å². The largest absolute Gasteiger partial charge is 0.310 e. The highest BCUT2D eigenvalue weighted by Gasteiger charge is 2.45. The van der Waals surface area contributed by atoms with Crippen LogP contribution in [0.2, 0.25) is 0 Å². The first-order valence-electron chi connectivity index (χ1n) is 27.7. The lowest BCUT2D eigenvalue weighted by atomic mass is 9.73. The first-order valence-corrected chi connectivity index (χ1v) is 27.7. The zero-order valence-corrected chi connectivity index (χ0v) is 44.4. The number of fused-ring (bicyclic) bond motifs is 9. The van der Waals surface area contributed by atoms with Gasteiger partial charge in [-0.1, -0.05) is 226 Å². The smallest absolute Gasteiger partial charge is 0.0629 e. The SMILES string of the molecule is CC1(C)c2ccccc2-c2ccc(N(c3cccc(-c4ccc(-c5cc6c7c8c5c5ccccc5n8-c5ccccc5-c5cccc(c5-7)C6(C)c5ccccc5)cc4)c3)c3cc(-c4ccccc4)cc(-c4ccccc4)c3)cc21. The van der Waals surface area contributed by atoms with Crippen molar-refractivity contribution in [2.24, 2.45) is 0 Å². The molecule has 1 atom stereocenters. The monoisotopic (exact) mass is 1010 g/mol. The number of hydrogen-bond acceptors (Lipinski definition) is 1. The topological polar surface area (TPSA) is 8.17 Å². The second-order valence-corrected chi connectivity index (χ2v) is 22.5. The molecule has 13 aromatic rings. The second-order valence-electron chi connectivity index (χ2n) is 22.5. The van der Waals surface area contributed by atoms with Crippen LogP contribution in [-0.4, -0.2) is 4.57 Å². The lowest BCUT2D eigenvalue weighted by molar-refractivity contribution is 0.660. The number of hydrogen-bond donors (Lipinski definition) is 0. The maximum Gasteiger partial charge on any atom is 0.0629 e. The summed E-state index contributed by atoms with van der Waals surface area (Å²) in [6.45, 7) is 7.20. The number of nitrogens with zero attached hydrogens (tertiary/aromatic N) is 2. The highest BCUT2D eigenvalue weighted by molar-refractivity contribution is 6.23. The number of rotatable bonds is 8. The van der Waals surface area contributed by atoms with Crippen LogP contribution in [0.5, 0.6) is 0 Å². The van der Waals surface area contributed by atoms with Gasteiger partial charge in [0.05, 0.1) is 16.7 Å². The van der Waals surface area contributed by atoms with E-state index in [9.17, 15) is 0 Å². The number of para-hydroxylation sites is 2. The molecule has 0 N–H and O–H groups in total. The molecule has 0 fully saturated rings. The highest BCUT2D eigenvalue weighted by Crippen LogP contribution is 2.61. The molecule has 2 aliphatic carbocycles. The quantitative estimate of drug-likeness (QED) is 0.147. The highest BCUT2D eigenvalue weighted by atomic mass is 15.1. The van der Waals surface area contributed by atoms with Gasteiger partial charge in [-0.3, -0.25) is 0 Å². The Bertz CT molecular complexity index is 4560. The molecule has 372 valence electrons. The summed E-state index contributed by atoms with van der Waals surface area (Å²) >= 11 is 0. The molecule has 12 aromatic carbocycles. The first-order chi connectivity index (χ1) is 38.8. The van der Waals surface area contributed by atoms with Crippen LogP contribution in [0.25, 0.3) is 105 Å². The summed E-state index contributed by atoms with van der Waals surface area (Å²) in [5.41, 5.74) is 30.6. The van der Waals surface area contributed by atoms with Gasteiger partial charge in [0.15, 0.2) is 0 Å². The molecule has 0 amide bonds. The van der Waals surface area contributed by atoms with E-state index in [4.69, 9.17) is 0 Å². The summed E-state index contributed by atoms with van der Waals surface area (Å²) in [7, 11) is 0. The molecule has 0 saturated carbocycles. The van der Waals surface area contributed by atoms with Gasteiger partial charge in [-0.05, 0) is 162 Å². The zero-order chi connectivity index (χ0) is 52.6. The Balaban J connectivity index is 0.879. The van der Waals surface area contributed by atoms with Crippen molar-refractivity contribution in [1.82, 2.24) is 4.57 Å². The van der Waals surface area contributed by atoms with Gasteiger partial charge in [0.1, 0.15) is 0 Å². The molecule has 2 heterocycles. The summed E-state index contributed by atoms with van der Waals surface area (Å²) in [5, 5.41) is 2.56. The summed E-state index contributed by atoms with van der Waals surface area (Å²) in [4.78, 5) is 2.48. The van der Waals surface area contributed by atoms with Crippen LogP contribution in [0.15, 0.2) is 273 Å². The minimum absolute atomic E-state index is 0.161. The number of benzene rings is 12. The predicted octanol–water partition coefficient (Wildman–Crippen LogP) is 20.5. The van der Waals surface area contributed by atoms with Crippen LogP contribution in [0.1, 0.15) is 48.6 Å². The van der Waals surface area contributed by atoms with Crippen molar-refractivity contribution in [3.05, 3.63) is 301 Å². The van der Waals surface area contributed by atoms with Crippen LogP contribution < -0.4 is 4.90 Å². The first kappa shape index (κ1) is 45.4.